The molecule has 0 N–H and O–H groups in total. The Balaban J connectivity index is 2.01. The van der Waals surface area contributed by atoms with Crippen molar-refractivity contribution in [1.29, 1.82) is 0 Å². The van der Waals surface area contributed by atoms with E-state index in [-0.39, 0.29) is 17.9 Å². The standard InChI is InChI=1S/C19H19Cl2NO/c1-19(21)16(12-20)17(15-10-6-3-7-11-15)22(18(19)23)13-14-8-4-2-5-9-14/h2-11,16-17H,12-13H2,1H3/t16-,17-,19?/m1/s1. The molecule has 3 rings (SSSR count). The molecule has 2 aromatic rings. The lowest BCUT2D eigenvalue weighted by Gasteiger charge is -2.28. The highest BCUT2D eigenvalue weighted by Gasteiger charge is 2.55. The van der Waals surface area contributed by atoms with Gasteiger partial charge in [0.15, 0.2) is 0 Å². The summed E-state index contributed by atoms with van der Waals surface area (Å²) in [5.41, 5.74) is 2.16. The predicted molar refractivity (Wildman–Crippen MR) is 94.6 cm³/mol. The number of halogens is 2. The van der Waals surface area contributed by atoms with Gasteiger partial charge in [0, 0.05) is 18.3 Å². The maximum absolute atomic E-state index is 12.9. The molecule has 1 aliphatic rings. The van der Waals surface area contributed by atoms with E-state index in [0.29, 0.717) is 12.4 Å². The Morgan fingerprint density at radius 1 is 1.04 bits per heavy atom. The van der Waals surface area contributed by atoms with Gasteiger partial charge < -0.3 is 4.90 Å². The number of nitrogens with zero attached hydrogens (tertiary/aromatic N) is 1. The third kappa shape index (κ3) is 2.98. The second-order valence-electron chi connectivity index (χ2n) is 6.11. The minimum atomic E-state index is -0.975. The Hall–Kier alpha value is -1.51. The van der Waals surface area contributed by atoms with Crippen molar-refractivity contribution in [3.8, 4) is 0 Å². The van der Waals surface area contributed by atoms with E-state index in [9.17, 15) is 4.79 Å². The van der Waals surface area contributed by atoms with Crippen molar-refractivity contribution in [3.05, 3.63) is 71.8 Å². The number of carbonyl (C=O) groups excluding carboxylic acids is 1. The van der Waals surface area contributed by atoms with Crippen LogP contribution in [0.15, 0.2) is 60.7 Å². The van der Waals surface area contributed by atoms with Crippen LogP contribution in [0.3, 0.4) is 0 Å². The summed E-state index contributed by atoms with van der Waals surface area (Å²) in [6.45, 7) is 2.32. The van der Waals surface area contributed by atoms with Gasteiger partial charge in [-0.15, -0.1) is 23.2 Å². The second-order valence-corrected chi connectivity index (χ2v) is 7.20. The maximum Gasteiger partial charge on any atom is 0.244 e. The lowest BCUT2D eigenvalue weighted by atomic mass is 9.88. The molecule has 1 amide bonds. The minimum Gasteiger partial charge on any atom is -0.329 e. The molecule has 0 aromatic heterocycles. The molecule has 0 saturated carbocycles. The number of rotatable bonds is 4. The first-order chi connectivity index (χ1) is 11.1. The lowest BCUT2D eigenvalue weighted by Crippen LogP contribution is -2.35. The fourth-order valence-corrected chi connectivity index (χ4v) is 4.18. The highest BCUT2D eigenvalue weighted by Crippen LogP contribution is 2.48. The molecule has 1 aliphatic heterocycles. The van der Waals surface area contributed by atoms with Crippen LogP contribution in [0.2, 0.25) is 0 Å². The summed E-state index contributed by atoms with van der Waals surface area (Å²) >= 11 is 12.8. The van der Waals surface area contributed by atoms with Crippen molar-refractivity contribution < 1.29 is 4.79 Å². The third-order valence-corrected chi connectivity index (χ3v) is 5.37. The molecule has 120 valence electrons. The molecule has 1 unspecified atom stereocenters. The van der Waals surface area contributed by atoms with Crippen LogP contribution in [-0.4, -0.2) is 21.6 Å². The molecule has 1 heterocycles. The van der Waals surface area contributed by atoms with Crippen LogP contribution in [-0.2, 0) is 11.3 Å². The molecule has 23 heavy (non-hydrogen) atoms. The molecule has 3 atom stereocenters. The quantitative estimate of drug-likeness (QED) is 0.738. The van der Waals surface area contributed by atoms with Gasteiger partial charge in [0.05, 0.1) is 6.04 Å². The van der Waals surface area contributed by atoms with Crippen LogP contribution in [0.1, 0.15) is 24.1 Å². The van der Waals surface area contributed by atoms with Crippen molar-refractivity contribution >= 4 is 29.1 Å². The van der Waals surface area contributed by atoms with E-state index in [4.69, 9.17) is 23.2 Å². The first kappa shape index (κ1) is 16.4. The molecule has 0 radical (unpaired) electrons. The normalized spacial score (nSPS) is 27.4. The van der Waals surface area contributed by atoms with Crippen LogP contribution in [0, 0.1) is 5.92 Å². The zero-order valence-electron chi connectivity index (χ0n) is 13.0. The summed E-state index contributed by atoms with van der Waals surface area (Å²) < 4.78 is 0. The summed E-state index contributed by atoms with van der Waals surface area (Å²) in [5, 5.41) is 0. The molecule has 0 aliphatic carbocycles. The highest BCUT2D eigenvalue weighted by molar-refractivity contribution is 6.36. The third-order valence-electron chi connectivity index (χ3n) is 4.60. The Labute approximate surface area is 147 Å². The summed E-state index contributed by atoms with van der Waals surface area (Å²) in [4.78, 5) is 13.8. The predicted octanol–water partition coefficient (Wildman–Crippen LogP) is 4.62. The van der Waals surface area contributed by atoms with E-state index in [1.807, 2.05) is 65.6 Å². The van der Waals surface area contributed by atoms with Crippen LogP contribution in [0.4, 0.5) is 0 Å². The SMILES string of the molecule is CC1(Cl)C(=O)N(Cc2ccccc2)[C@H](c2ccccc2)[C@H]1CCl. The van der Waals surface area contributed by atoms with E-state index in [1.54, 1.807) is 6.92 Å². The van der Waals surface area contributed by atoms with Gasteiger partial charge in [0.2, 0.25) is 5.91 Å². The molecule has 2 nitrogen and oxygen atoms in total. The Morgan fingerprint density at radius 2 is 1.61 bits per heavy atom. The zero-order chi connectivity index (χ0) is 16.4. The topological polar surface area (TPSA) is 20.3 Å². The van der Waals surface area contributed by atoms with Gasteiger partial charge in [0.25, 0.3) is 0 Å². The van der Waals surface area contributed by atoms with Crippen LogP contribution in [0.5, 0.6) is 0 Å². The van der Waals surface area contributed by atoms with E-state index >= 15 is 0 Å². The Morgan fingerprint density at radius 3 is 2.17 bits per heavy atom. The van der Waals surface area contributed by atoms with Crippen LogP contribution < -0.4 is 0 Å². The van der Waals surface area contributed by atoms with Gasteiger partial charge >= 0.3 is 0 Å². The highest BCUT2D eigenvalue weighted by atomic mass is 35.5. The molecular formula is C19H19Cl2NO. The molecule has 0 spiro atoms. The lowest BCUT2D eigenvalue weighted by molar-refractivity contribution is -0.131. The summed E-state index contributed by atoms with van der Waals surface area (Å²) in [5.74, 6) is 0.156. The zero-order valence-corrected chi connectivity index (χ0v) is 14.5. The second kappa shape index (κ2) is 6.54. The number of benzene rings is 2. The smallest absolute Gasteiger partial charge is 0.244 e. The summed E-state index contributed by atoms with van der Waals surface area (Å²) in [6.07, 6.45) is 0. The average molecular weight is 348 g/mol. The van der Waals surface area contributed by atoms with Gasteiger partial charge in [-0.3, -0.25) is 4.79 Å². The van der Waals surface area contributed by atoms with Gasteiger partial charge in [-0.1, -0.05) is 60.7 Å². The van der Waals surface area contributed by atoms with Gasteiger partial charge in [-0.25, -0.2) is 0 Å². The van der Waals surface area contributed by atoms with Gasteiger partial charge in [-0.05, 0) is 18.1 Å². The first-order valence-electron chi connectivity index (χ1n) is 7.70. The molecular weight excluding hydrogens is 329 g/mol. The summed E-state index contributed by atoms with van der Waals surface area (Å²) in [7, 11) is 0. The average Bonchev–Trinajstić information content (AvgIpc) is 2.76. The number of hydrogen-bond acceptors (Lipinski definition) is 1. The Kier molecular flexibility index (Phi) is 4.65. The van der Waals surface area contributed by atoms with Crippen molar-refractivity contribution in [2.45, 2.75) is 24.4 Å². The number of alkyl halides is 2. The number of hydrogen-bond donors (Lipinski definition) is 0. The van der Waals surface area contributed by atoms with Gasteiger partial charge in [-0.2, -0.15) is 0 Å². The monoisotopic (exact) mass is 347 g/mol. The van der Waals surface area contributed by atoms with E-state index in [0.717, 1.165) is 11.1 Å². The van der Waals surface area contributed by atoms with Crippen LogP contribution >= 0.6 is 23.2 Å². The molecule has 1 saturated heterocycles. The number of amides is 1. The molecule has 1 fully saturated rings. The van der Waals surface area contributed by atoms with Crippen molar-refractivity contribution in [2.75, 3.05) is 5.88 Å². The van der Waals surface area contributed by atoms with Crippen molar-refractivity contribution in [1.82, 2.24) is 4.90 Å². The minimum absolute atomic E-state index is 0.0532. The number of likely N-dealkylation sites (tertiary alicyclic amines) is 1. The fraction of sp³-hybridized carbons (Fsp3) is 0.316. The van der Waals surface area contributed by atoms with E-state index in [2.05, 4.69) is 0 Å². The van der Waals surface area contributed by atoms with Gasteiger partial charge in [0.1, 0.15) is 4.87 Å². The number of carbonyl (C=O) groups is 1. The Bertz CT molecular complexity index is 672. The largest absolute Gasteiger partial charge is 0.329 e. The molecule has 4 heteroatoms. The van der Waals surface area contributed by atoms with Crippen LogP contribution in [0.25, 0.3) is 0 Å². The summed E-state index contributed by atoms with van der Waals surface area (Å²) in [6, 6.07) is 19.9. The van der Waals surface area contributed by atoms with Crippen molar-refractivity contribution in [3.63, 3.8) is 0 Å². The van der Waals surface area contributed by atoms with Crippen molar-refractivity contribution in [2.24, 2.45) is 5.92 Å². The fourth-order valence-electron chi connectivity index (χ4n) is 3.32. The van der Waals surface area contributed by atoms with E-state index in [1.165, 1.54) is 0 Å². The maximum atomic E-state index is 12.9. The molecule has 2 aromatic carbocycles. The van der Waals surface area contributed by atoms with E-state index < -0.39 is 4.87 Å². The first-order valence-corrected chi connectivity index (χ1v) is 8.61. The molecule has 0 bridgehead atoms.